The molecule has 12 nitrogen and oxygen atoms in total. The van der Waals surface area contributed by atoms with E-state index >= 15 is 0 Å². The molecule has 0 aliphatic heterocycles. The highest BCUT2D eigenvalue weighted by Crippen LogP contribution is 2.02. The number of aliphatic hydroxyl groups is 1. The number of nitrogens with two attached hydrogens (primary N) is 1. The quantitative estimate of drug-likeness (QED) is 0.184. The Balaban J connectivity index is 2.53. The summed E-state index contributed by atoms with van der Waals surface area (Å²) in [5.74, 6) is -5.53. The van der Waals surface area contributed by atoms with Crippen LogP contribution >= 0.6 is 0 Å². The summed E-state index contributed by atoms with van der Waals surface area (Å²) in [6.45, 7) is -1.46. The van der Waals surface area contributed by atoms with Crippen LogP contribution in [0.4, 0.5) is 0 Å². The fraction of sp³-hybridized carbons (Fsp3) is 0.389. The molecule has 3 unspecified atom stereocenters. The van der Waals surface area contributed by atoms with Crippen LogP contribution in [0.5, 0.6) is 0 Å². The molecule has 8 N–H and O–H groups in total. The minimum atomic E-state index is -1.67. The predicted octanol–water partition coefficient (Wildman–Crippen LogP) is -2.81. The van der Waals surface area contributed by atoms with Crippen molar-refractivity contribution in [2.24, 2.45) is 5.73 Å². The SMILES string of the molecule is NC(Cc1ccccc1)C(=O)NC(CO)C(=O)NCC(=O)NC(CC(=O)O)C(=O)O. The van der Waals surface area contributed by atoms with E-state index in [1.807, 2.05) is 5.32 Å². The molecule has 3 atom stereocenters. The topological polar surface area (TPSA) is 208 Å². The second-order valence-corrected chi connectivity index (χ2v) is 6.31. The van der Waals surface area contributed by atoms with Crippen LogP contribution in [0.15, 0.2) is 30.3 Å². The molecule has 1 rings (SSSR count). The molecular formula is C18H24N4O8. The Hall–Kier alpha value is -3.51. The molecule has 0 aliphatic rings. The minimum Gasteiger partial charge on any atom is -0.481 e. The fourth-order valence-corrected chi connectivity index (χ4v) is 2.34. The van der Waals surface area contributed by atoms with Gasteiger partial charge in [-0.05, 0) is 12.0 Å². The van der Waals surface area contributed by atoms with Crippen LogP contribution in [-0.2, 0) is 30.4 Å². The molecule has 1 aromatic carbocycles. The van der Waals surface area contributed by atoms with E-state index in [1.54, 1.807) is 30.3 Å². The van der Waals surface area contributed by atoms with Crippen molar-refractivity contribution in [3.63, 3.8) is 0 Å². The molecule has 0 saturated carbocycles. The van der Waals surface area contributed by atoms with Crippen molar-refractivity contribution in [2.75, 3.05) is 13.2 Å². The van der Waals surface area contributed by atoms with Gasteiger partial charge in [0.05, 0.1) is 25.6 Å². The lowest BCUT2D eigenvalue weighted by Crippen LogP contribution is -2.55. The molecule has 164 valence electrons. The van der Waals surface area contributed by atoms with Gasteiger partial charge in [-0.25, -0.2) is 4.79 Å². The summed E-state index contributed by atoms with van der Waals surface area (Å²) in [7, 11) is 0. The Kier molecular flexibility index (Phi) is 9.92. The van der Waals surface area contributed by atoms with Gasteiger partial charge in [-0.3, -0.25) is 19.2 Å². The van der Waals surface area contributed by atoms with Crippen molar-refractivity contribution in [1.29, 1.82) is 0 Å². The van der Waals surface area contributed by atoms with Crippen molar-refractivity contribution in [3.8, 4) is 0 Å². The molecule has 0 fully saturated rings. The minimum absolute atomic E-state index is 0.203. The van der Waals surface area contributed by atoms with Gasteiger partial charge in [-0.15, -0.1) is 0 Å². The van der Waals surface area contributed by atoms with Crippen LogP contribution in [0.25, 0.3) is 0 Å². The average Bonchev–Trinajstić information content (AvgIpc) is 2.69. The number of carboxylic acids is 2. The monoisotopic (exact) mass is 424 g/mol. The number of rotatable bonds is 12. The van der Waals surface area contributed by atoms with Gasteiger partial charge < -0.3 is 37.0 Å². The number of carbonyl (C=O) groups excluding carboxylic acids is 3. The van der Waals surface area contributed by atoms with Crippen molar-refractivity contribution in [1.82, 2.24) is 16.0 Å². The second-order valence-electron chi connectivity index (χ2n) is 6.31. The Morgan fingerprint density at radius 1 is 0.933 bits per heavy atom. The highest BCUT2D eigenvalue weighted by molar-refractivity contribution is 5.93. The van der Waals surface area contributed by atoms with Gasteiger partial charge in [0.2, 0.25) is 17.7 Å². The maximum atomic E-state index is 12.2. The second kappa shape index (κ2) is 12.1. The van der Waals surface area contributed by atoms with Gasteiger partial charge >= 0.3 is 11.9 Å². The van der Waals surface area contributed by atoms with Crippen LogP contribution in [-0.4, -0.2) is 76.3 Å². The van der Waals surface area contributed by atoms with Crippen LogP contribution in [0.2, 0.25) is 0 Å². The van der Waals surface area contributed by atoms with Crippen LogP contribution in [0.1, 0.15) is 12.0 Å². The molecule has 3 amide bonds. The van der Waals surface area contributed by atoms with Crippen molar-refractivity contribution >= 4 is 29.7 Å². The van der Waals surface area contributed by atoms with Gasteiger partial charge in [0, 0.05) is 0 Å². The number of carboxylic acid groups (broad SMARTS) is 2. The number of aliphatic carboxylic acids is 2. The summed E-state index contributed by atoms with van der Waals surface area (Å²) in [6, 6.07) is 4.87. The summed E-state index contributed by atoms with van der Waals surface area (Å²) in [5, 5.41) is 33.2. The van der Waals surface area contributed by atoms with E-state index in [0.29, 0.717) is 0 Å². The first kappa shape index (κ1) is 24.5. The number of hydrogen-bond donors (Lipinski definition) is 7. The largest absolute Gasteiger partial charge is 0.481 e. The van der Waals surface area contributed by atoms with Crippen molar-refractivity contribution < 1.29 is 39.3 Å². The van der Waals surface area contributed by atoms with Crippen LogP contribution < -0.4 is 21.7 Å². The van der Waals surface area contributed by atoms with E-state index in [2.05, 4.69) is 10.6 Å². The molecule has 0 heterocycles. The van der Waals surface area contributed by atoms with E-state index in [1.165, 1.54) is 0 Å². The zero-order chi connectivity index (χ0) is 22.7. The maximum Gasteiger partial charge on any atom is 0.326 e. The van der Waals surface area contributed by atoms with E-state index in [9.17, 15) is 29.1 Å². The molecule has 30 heavy (non-hydrogen) atoms. The molecule has 1 aromatic rings. The fourth-order valence-electron chi connectivity index (χ4n) is 2.34. The summed E-state index contributed by atoms with van der Waals surface area (Å²) in [5.41, 5.74) is 6.61. The molecule has 0 aliphatic carbocycles. The first-order valence-electron chi connectivity index (χ1n) is 8.86. The maximum absolute atomic E-state index is 12.2. The summed E-state index contributed by atoms with van der Waals surface area (Å²) in [4.78, 5) is 57.5. The Morgan fingerprint density at radius 3 is 2.10 bits per heavy atom. The third-order valence-corrected chi connectivity index (χ3v) is 3.89. The number of carbonyl (C=O) groups is 5. The number of amides is 3. The molecular weight excluding hydrogens is 400 g/mol. The zero-order valence-corrected chi connectivity index (χ0v) is 15.9. The first-order valence-corrected chi connectivity index (χ1v) is 8.86. The molecule has 0 saturated heterocycles. The lowest BCUT2D eigenvalue weighted by molar-refractivity contribution is -0.147. The number of aliphatic hydroxyl groups excluding tert-OH is 1. The molecule has 0 spiro atoms. The highest BCUT2D eigenvalue weighted by atomic mass is 16.4. The third-order valence-electron chi connectivity index (χ3n) is 3.89. The smallest absolute Gasteiger partial charge is 0.326 e. The van der Waals surface area contributed by atoms with Gasteiger partial charge in [-0.2, -0.15) is 0 Å². The Bertz CT molecular complexity index is 771. The standard InChI is InChI=1S/C18H24N4O8/c19-11(6-10-4-2-1-3-5-10)16(27)22-13(9-23)17(28)20-8-14(24)21-12(18(29)30)7-15(25)26/h1-5,11-13,23H,6-9,19H2,(H,20,28)(H,21,24)(H,22,27)(H,25,26)(H,29,30). The summed E-state index contributed by atoms with van der Waals surface area (Å²) in [6.07, 6.45) is -0.640. The van der Waals surface area contributed by atoms with Gasteiger partial charge in [0.1, 0.15) is 12.1 Å². The normalized spacial score (nSPS) is 13.4. The average molecular weight is 424 g/mol. The number of nitrogens with one attached hydrogen (secondary N) is 3. The van der Waals surface area contributed by atoms with Gasteiger partial charge in [-0.1, -0.05) is 30.3 Å². The van der Waals surface area contributed by atoms with Crippen molar-refractivity contribution in [3.05, 3.63) is 35.9 Å². The molecule has 12 heteroatoms. The Labute approximate surface area is 171 Å². The van der Waals surface area contributed by atoms with Gasteiger partial charge in [0.25, 0.3) is 0 Å². The molecule has 0 radical (unpaired) electrons. The summed E-state index contributed by atoms with van der Waals surface area (Å²) >= 11 is 0. The molecule has 0 bridgehead atoms. The summed E-state index contributed by atoms with van der Waals surface area (Å²) < 4.78 is 0. The van der Waals surface area contributed by atoms with E-state index in [-0.39, 0.29) is 6.42 Å². The van der Waals surface area contributed by atoms with E-state index in [0.717, 1.165) is 5.56 Å². The lowest BCUT2D eigenvalue weighted by Gasteiger charge is -2.19. The predicted molar refractivity (Wildman–Crippen MR) is 102 cm³/mol. The number of hydrogen-bond acceptors (Lipinski definition) is 7. The number of benzene rings is 1. The highest BCUT2D eigenvalue weighted by Gasteiger charge is 2.25. The molecule has 0 aromatic heterocycles. The van der Waals surface area contributed by atoms with Crippen LogP contribution in [0.3, 0.4) is 0 Å². The zero-order valence-electron chi connectivity index (χ0n) is 15.9. The van der Waals surface area contributed by atoms with E-state index < -0.39 is 67.4 Å². The van der Waals surface area contributed by atoms with Crippen LogP contribution in [0, 0.1) is 0 Å². The first-order chi connectivity index (χ1) is 14.1. The Morgan fingerprint density at radius 2 is 1.57 bits per heavy atom. The lowest BCUT2D eigenvalue weighted by atomic mass is 10.1. The van der Waals surface area contributed by atoms with Gasteiger partial charge in [0.15, 0.2) is 0 Å². The van der Waals surface area contributed by atoms with E-state index in [4.69, 9.17) is 15.9 Å². The van der Waals surface area contributed by atoms with Crippen molar-refractivity contribution in [2.45, 2.75) is 31.0 Å². The third kappa shape index (κ3) is 8.67.